The average Bonchev–Trinajstić information content (AvgIpc) is 2.74. The number of allylic oxidation sites excluding steroid dienone is 3. The van der Waals surface area contributed by atoms with E-state index in [0.717, 1.165) is 4.90 Å². The Hall–Kier alpha value is -1.98. The van der Waals surface area contributed by atoms with Gasteiger partial charge < -0.3 is 9.84 Å². The predicted octanol–water partition coefficient (Wildman–Crippen LogP) is 2.95. The van der Waals surface area contributed by atoms with Gasteiger partial charge in [0.15, 0.2) is 9.75 Å². The van der Waals surface area contributed by atoms with Crippen LogP contribution in [-0.2, 0) is 9.59 Å². The summed E-state index contributed by atoms with van der Waals surface area (Å²) in [6.07, 6.45) is 3.47. The van der Waals surface area contributed by atoms with Gasteiger partial charge in [0, 0.05) is 24.6 Å². The molecule has 1 N–H and O–H groups in total. The smallest absolute Gasteiger partial charge is 0.253 e. The minimum absolute atomic E-state index is 0.00671. The number of methoxy groups -OCH3 is 1. The van der Waals surface area contributed by atoms with Crippen molar-refractivity contribution in [3.8, 4) is 11.5 Å². The highest BCUT2D eigenvalue weighted by atomic mass is 35.5. The summed E-state index contributed by atoms with van der Waals surface area (Å²) in [5.74, 6) is -1.51. The first kappa shape index (κ1) is 17.8. The van der Waals surface area contributed by atoms with Crippen molar-refractivity contribution in [1.82, 2.24) is 4.90 Å². The topological polar surface area (TPSA) is 66.8 Å². The second-order valence-corrected chi connectivity index (χ2v) is 7.40. The van der Waals surface area contributed by atoms with E-state index in [1.165, 1.54) is 26.3 Å². The molecule has 1 aromatic carbocycles. The van der Waals surface area contributed by atoms with Crippen molar-refractivity contribution < 1.29 is 19.4 Å². The Kier molecular flexibility index (Phi) is 4.12. The number of carbonyl (C=O) groups is 2. The number of carbonyl (C=O) groups excluding carboxylic acids is 2. The lowest BCUT2D eigenvalue weighted by Crippen LogP contribution is -2.54. The SMILES string of the molecule is C=CC1=CC[C@@]2(Cl)C(=O)N(C)C(=O)[C@@]2(Cl)[C@H]1c1ccc(O)cc1OC. The minimum atomic E-state index is -1.72. The third-order valence-corrected chi connectivity index (χ3v) is 6.36. The molecule has 2 aliphatic rings. The van der Waals surface area contributed by atoms with Gasteiger partial charge in [0.1, 0.15) is 11.5 Å². The van der Waals surface area contributed by atoms with E-state index in [0.29, 0.717) is 16.9 Å². The third kappa shape index (κ3) is 2.15. The summed E-state index contributed by atoms with van der Waals surface area (Å²) in [7, 11) is 2.82. The van der Waals surface area contributed by atoms with Crippen molar-refractivity contribution in [3.63, 3.8) is 0 Å². The van der Waals surface area contributed by atoms with Gasteiger partial charge in [0.05, 0.1) is 7.11 Å². The molecule has 2 amide bonds. The van der Waals surface area contributed by atoms with Gasteiger partial charge in [-0.25, -0.2) is 0 Å². The molecule has 25 heavy (non-hydrogen) atoms. The Balaban J connectivity index is 2.31. The van der Waals surface area contributed by atoms with Crippen LogP contribution in [0.2, 0.25) is 0 Å². The van der Waals surface area contributed by atoms with Gasteiger partial charge in [0.2, 0.25) is 0 Å². The standard InChI is InChI=1S/C18H17Cl2NO4/c1-4-10-7-8-17(19)15(23)21(2)16(24)18(17,20)14(10)12-6-5-11(22)9-13(12)25-3/h4-7,9,14,22H,1,8H2,2-3H3/t14-,17-,18+/m1/s1. The van der Waals surface area contributed by atoms with E-state index in [-0.39, 0.29) is 12.2 Å². The van der Waals surface area contributed by atoms with E-state index < -0.39 is 27.5 Å². The van der Waals surface area contributed by atoms with Crippen molar-refractivity contribution in [1.29, 1.82) is 0 Å². The maximum Gasteiger partial charge on any atom is 0.253 e. The number of ether oxygens (including phenoxy) is 1. The first-order valence-electron chi connectivity index (χ1n) is 7.62. The first-order valence-corrected chi connectivity index (χ1v) is 8.37. The van der Waals surface area contributed by atoms with Crippen LogP contribution in [0.1, 0.15) is 17.9 Å². The maximum atomic E-state index is 12.9. The van der Waals surface area contributed by atoms with Gasteiger partial charge in [-0.1, -0.05) is 24.8 Å². The molecule has 3 rings (SSSR count). The molecule has 1 aliphatic carbocycles. The lowest BCUT2D eigenvalue weighted by atomic mass is 9.68. The highest BCUT2D eigenvalue weighted by molar-refractivity contribution is 6.53. The van der Waals surface area contributed by atoms with Gasteiger partial charge in [-0.15, -0.1) is 23.2 Å². The van der Waals surface area contributed by atoms with Crippen molar-refractivity contribution in [2.75, 3.05) is 14.2 Å². The summed E-state index contributed by atoms with van der Waals surface area (Å²) in [6.45, 7) is 3.79. The zero-order valence-corrected chi connectivity index (χ0v) is 15.3. The Bertz CT molecular complexity index is 821. The van der Waals surface area contributed by atoms with Crippen LogP contribution in [0.5, 0.6) is 11.5 Å². The Morgan fingerprint density at radius 2 is 2.04 bits per heavy atom. The molecule has 0 unspecified atom stereocenters. The van der Waals surface area contributed by atoms with Crippen LogP contribution in [0.15, 0.2) is 42.5 Å². The van der Waals surface area contributed by atoms with Gasteiger partial charge in [-0.3, -0.25) is 14.5 Å². The number of alkyl halides is 2. The zero-order chi connectivity index (χ0) is 18.6. The fraction of sp³-hybridized carbons (Fsp3) is 0.333. The number of aromatic hydroxyl groups is 1. The molecule has 0 spiro atoms. The van der Waals surface area contributed by atoms with Crippen molar-refractivity contribution in [2.24, 2.45) is 0 Å². The number of hydrogen-bond acceptors (Lipinski definition) is 4. The van der Waals surface area contributed by atoms with Crippen molar-refractivity contribution in [2.45, 2.75) is 22.1 Å². The molecule has 0 radical (unpaired) electrons. The van der Waals surface area contributed by atoms with E-state index in [1.807, 2.05) is 0 Å². The summed E-state index contributed by atoms with van der Waals surface area (Å²) in [6, 6.07) is 4.50. The second-order valence-electron chi connectivity index (χ2n) is 6.15. The molecule has 1 saturated heterocycles. The van der Waals surface area contributed by atoms with Crippen LogP contribution in [0.25, 0.3) is 0 Å². The number of benzene rings is 1. The van der Waals surface area contributed by atoms with E-state index >= 15 is 0 Å². The van der Waals surface area contributed by atoms with Crippen LogP contribution in [0, 0.1) is 0 Å². The maximum absolute atomic E-state index is 12.9. The normalized spacial score (nSPS) is 31.6. The van der Waals surface area contributed by atoms with E-state index in [2.05, 4.69) is 6.58 Å². The molecule has 0 saturated carbocycles. The first-order chi connectivity index (χ1) is 11.7. The fourth-order valence-electron chi connectivity index (χ4n) is 3.65. The lowest BCUT2D eigenvalue weighted by molar-refractivity contribution is -0.137. The quantitative estimate of drug-likeness (QED) is 0.645. The zero-order valence-electron chi connectivity index (χ0n) is 13.8. The van der Waals surface area contributed by atoms with E-state index in [4.69, 9.17) is 27.9 Å². The molecule has 0 aromatic heterocycles. The number of amides is 2. The van der Waals surface area contributed by atoms with Gasteiger partial charge in [-0.05, 0) is 18.1 Å². The number of fused-ring (bicyclic) bond motifs is 1. The van der Waals surface area contributed by atoms with Crippen molar-refractivity contribution in [3.05, 3.63) is 48.1 Å². The van der Waals surface area contributed by atoms with Crippen LogP contribution in [0.3, 0.4) is 0 Å². The molecule has 1 aromatic rings. The number of halogens is 2. The minimum Gasteiger partial charge on any atom is -0.508 e. The predicted molar refractivity (Wildman–Crippen MR) is 95.2 cm³/mol. The van der Waals surface area contributed by atoms with E-state index in [9.17, 15) is 14.7 Å². The summed E-state index contributed by atoms with van der Waals surface area (Å²) in [4.78, 5) is 23.2. The van der Waals surface area contributed by atoms with Crippen LogP contribution in [0.4, 0.5) is 0 Å². The molecule has 132 valence electrons. The van der Waals surface area contributed by atoms with Crippen LogP contribution < -0.4 is 4.74 Å². The largest absolute Gasteiger partial charge is 0.508 e. The monoisotopic (exact) mass is 381 g/mol. The summed E-state index contributed by atoms with van der Waals surface area (Å²) >= 11 is 13.5. The van der Waals surface area contributed by atoms with Gasteiger partial charge in [0.25, 0.3) is 11.8 Å². The molecule has 7 heteroatoms. The highest BCUT2D eigenvalue weighted by Gasteiger charge is 2.72. The molecule has 1 heterocycles. The van der Waals surface area contributed by atoms with Crippen LogP contribution in [-0.4, -0.2) is 45.7 Å². The number of likely N-dealkylation sites (tertiary alicyclic amines) is 1. The molecule has 1 fully saturated rings. The number of hydrogen-bond donors (Lipinski definition) is 1. The molecular formula is C18H17Cl2NO4. The number of rotatable bonds is 3. The molecule has 0 bridgehead atoms. The highest BCUT2D eigenvalue weighted by Crippen LogP contribution is 2.59. The molecule has 3 atom stereocenters. The summed E-state index contributed by atoms with van der Waals surface area (Å²) in [5, 5.41) is 9.73. The molecule has 1 aliphatic heterocycles. The second kappa shape index (κ2) is 5.78. The Morgan fingerprint density at radius 1 is 1.36 bits per heavy atom. The van der Waals surface area contributed by atoms with E-state index in [1.54, 1.807) is 18.2 Å². The number of phenols is 1. The lowest BCUT2D eigenvalue weighted by Gasteiger charge is -2.42. The number of nitrogens with zero attached hydrogens (tertiary/aromatic N) is 1. The van der Waals surface area contributed by atoms with Gasteiger partial charge in [-0.2, -0.15) is 0 Å². The van der Waals surface area contributed by atoms with Gasteiger partial charge >= 0.3 is 0 Å². The summed E-state index contributed by atoms with van der Waals surface area (Å²) < 4.78 is 5.35. The Labute approximate surface area is 155 Å². The Morgan fingerprint density at radius 3 is 2.64 bits per heavy atom. The van der Waals surface area contributed by atoms with Crippen LogP contribution >= 0.6 is 23.2 Å². The fourth-order valence-corrected chi connectivity index (χ4v) is 4.58. The molecular weight excluding hydrogens is 365 g/mol. The third-order valence-electron chi connectivity index (χ3n) is 4.95. The molecule has 5 nitrogen and oxygen atoms in total. The number of imide groups is 1. The average molecular weight is 382 g/mol. The summed E-state index contributed by atoms with van der Waals surface area (Å²) in [5.41, 5.74) is 1.22. The van der Waals surface area contributed by atoms with Crippen molar-refractivity contribution >= 4 is 35.0 Å². The number of phenolic OH excluding ortho intramolecular Hbond substituents is 1.